The van der Waals surface area contributed by atoms with E-state index in [2.05, 4.69) is 4.98 Å². The number of benzene rings is 3. The van der Waals surface area contributed by atoms with Crippen molar-refractivity contribution in [3.05, 3.63) is 96.6 Å². The van der Waals surface area contributed by atoms with Crippen LogP contribution in [0, 0.1) is 11.6 Å². The molecular weight excluding hydrogens is 466 g/mol. The average molecular weight is 486 g/mol. The molecule has 1 aromatic heterocycles. The molecule has 0 amide bonds. The van der Waals surface area contributed by atoms with Crippen LogP contribution >= 0.6 is 0 Å². The molecule has 5 rings (SSSR count). The van der Waals surface area contributed by atoms with Crippen LogP contribution in [0.25, 0.3) is 10.8 Å². The van der Waals surface area contributed by atoms with Crippen LogP contribution in [0.15, 0.2) is 84.3 Å². The van der Waals surface area contributed by atoms with E-state index in [9.17, 15) is 17.2 Å². The molecule has 0 aliphatic carbocycles. The molecule has 2 unspecified atom stereocenters. The van der Waals surface area contributed by atoms with E-state index in [4.69, 9.17) is 13.7 Å². The van der Waals surface area contributed by atoms with Crippen molar-refractivity contribution in [3.63, 3.8) is 0 Å². The molecule has 0 spiro atoms. The Morgan fingerprint density at radius 1 is 1.09 bits per heavy atom. The van der Waals surface area contributed by atoms with Crippen molar-refractivity contribution < 1.29 is 30.9 Å². The van der Waals surface area contributed by atoms with Gasteiger partial charge in [0.2, 0.25) is 5.79 Å². The molecular formula is C24H20F2N2O5S. The van der Waals surface area contributed by atoms with E-state index < -0.39 is 33.6 Å². The fourth-order valence-corrected chi connectivity index (χ4v) is 4.90. The van der Waals surface area contributed by atoms with E-state index in [1.54, 1.807) is 23.0 Å². The van der Waals surface area contributed by atoms with E-state index in [0.29, 0.717) is 0 Å². The van der Waals surface area contributed by atoms with Gasteiger partial charge in [-0.25, -0.2) is 13.8 Å². The number of hydrogen-bond donors (Lipinski definition) is 0. The second-order valence-electron chi connectivity index (χ2n) is 7.91. The molecule has 1 aliphatic rings. The molecule has 176 valence electrons. The third kappa shape index (κ3) is 4.45. The molecule has 1 saturated heterocycles. The molecule has 3 aromatic carbocycles. The van der Waals surface area contributed by atoms with Gasteiger partial charge < -0.3 is 14.0 Å². The summed E-state index contributed by atoms with van der Waals surface area (Å²) in [4.78, 5) is 3.98. The third-order valence-corrected chi connectivity index (χ3v) is 6.85. The molecule has 10 heteroatoms. The van der Waals surface area contributed by atoms with E-state index in [1.807, 2.05) is 24.3 Å². The van der Waals surface area contributed by atoms with Gasteiger partial charge in [0.15, 0.2) is 0 Å². The molecule has 2 heterocycles. The highest BCUT2D eigenvalue weighted by molar-refractivity contribution is 7.86. The third-order valence-electron chi connectivity index (χ3n) is 5.57. The van der Waals surface area contributed by atoms with Gasteiger partial charge in [-0.05, 0) is 35.0 Å². The average Bonchev–Trinajstić information content (AvgIpc) is 3.48. The predicted octanol–water partition coefficient (Wildman–Crippen LogP) is 3.99. The highest BCUT2D eigenvalue weighted by atomic mass is 32.2. The lowest BCUT2D eigenvalue weighted by Gasteiger charge is -2.29. The largest absolute Gasteiger partial charge is 0.342 e. The quantitative estimate of drug-likeness (QED) is 0.368. The molecule has 2 atom stereocenters. The Kier molecular flexibility index (Phi) is 5.90. The van der Waals surface area contributed by atoms with Gasteiger partial charge in [0.25, 0.3) is 10.1 Å². The van der Waals surface area contributed by atoms with E-state index >= 15 is 0 Å². The van der Waals surface area contributed by atoms with Crippen LogP contribution in [-0.2, 0) is 36.1 Å². The molecule has 4 aromatic rings. The summed E-state index contributed by atoms with van der Waals surface area (Å²) in [6.45, 7) is -0.383. The number of aromatic nitrogens is 2. The maximum absolute atomic E-state index is 14.7. The lowest BCUT2D eigenvalue weighted by molar-refractivity contribution is -0.191. The second-order valence-corrected chi connectivity index (χ2v) is 9.53. The number of fused-ring (bicyclic) bond motifs is 1. The van der Waals surface area contributed by atoms with E-state index in [1.165, 1.54) is 24.5 Å². The van der Waals surface area contributed by atoms with Gasteiger partial charge in [-0.3, -0.25) is 4.18 Å². The summed E-state index contributed by atoms with van der Waals surface area (Å²) >= 11 is 0. The van der Waals surface area contributed by atoms with Crippen molar-refractivity contribution in [2.24, 2.45) is 0 Å². The molecule has 0 radical (unpaired) electrons. The van der Waals surface area contributed by atoms with E-state index in [0.717, 1.165) is 22.9 Å². The first-order chi connectivity index (χ1) is 16.3. The Bertz CT molecular complexity index is 1430. The van der Waals surface area contributed by atoms with E-state index in [-0.39, 0.29) is 30.2 Å². The molecule has 0 saturated carbocycles. The van der Waals surface area contributed by atoms with Crippen molar-refractivity contribution >= 4 is 20.9 Å². The van der Waals surface area contributed by atoms with Gasteiger partial charge in [-0.1, -0.05) is 30.3 Å². The van der Waals surface area contributed by atoms with Crippen molar-refractivity contribution in [3.8, 4) is 0 Å². The summed E-state index contributed by atoms with van der Waals surface area (Å²) in [5.74, 6) is -3.19. The van der Waals surface area contributed by atoms with Crippen LogP contribution in [0.2, 0.25) is 0 Å². The van der Waals surface area contributed by atoms with Gasteiger partial charge in [0, 0.05) is 24.0 Å². The maximum atomic E-state index is 14.7. The smallest absolute Gasteiger partial charge is 0.297 e. The number of halogens is 2. The minimum Gasteiger partial charge on any atom is -0.342 e. The number of rotatable bonds is 7. The van der Waals surface area contributed by atoms with Crippen LogP contribution < -0.4 is 0 Å². The van der Waals surface area contributed by atoms with Crippen LogP contribution in [0.3, 0.4) is 0 Å². The fourth-order valence-electron chi connectivity index (χ4n) is 3.93. The monoisotopic (exact) mass is 486 g/mol. The SMILES string of the molecule is O=S(=O)(OCC1COC(Cn2ccnc2)(c2ccc(F)cc2F)O1)c1ccc2ccccc2c1. The van der Waals surface area contributed by atoms with Crippen molar-refractivity contribution in [2.45, 2.75) is 23.3 Å². The molecule has 0 bridgehead atoms. The minimum absolute atomic E-state index is 0.0116. The number of ether oxygens (including phenoxy) is 2. The summed E-state index contributed by atoms with van der Waals surface area (Å²) in [5, 5.41) is 1.67. The zero-order chi connectivity index (χ0) is 23.8. The molecule has 1 aliphatic heterocycles. The zero-order valence-corrected chi connectivity index (χ0v) is 18.6. The van der Waals surface area contributed by atoms with Crippen molar-refractivity contribution in [1.82, 2.24) is 9.55 Å². The first-order valence-electron chi connectivity index (χ1n) is 10.5. The van der Waals surface area contributed by atoms with Gasteiger partial charge in [0.05, 0.1) is 31.0 Å². The number of imidazole rings is 1. The summed E-state index contributed by atoms with van der Waals surface area (Å²) in [6.07, 6.45) is 3.87. The first-order valence-corrected chi connectivity index (χ1v) is 11.9. The Morgan fingerprint density at radius 2 is 1.91 bits per heavy atom. The van der Waals surface area contributed by atoms with Crippen LogP contribution in [-0.4, -0.2) is 37.3 Å². The van der Waals surface area contributed by atoms with Crippen molar-refractivity contribution in [1.29, 1.82) is 0 Å². The Morgan fingerprint density at radius 3 is 2.68 bits per heavy atom. The molecule has 1 fully saturated rings. The minimum atomic E-state index is -4.08. The fraction of sp³-hybridized carbons (Fsp3) is 0.208. The normalized spacial score (nSPS) is 20.7. The standard InChI is InChI=1S/C24H20F2N2O5S/c25-19-6-8-22(23(26)12-19)24(15-28-10-9-27-16-28)31-13-20(33-24)14-32-34(29,30)21-7-5-17-3-1-2-4-18(17)11-21/h1-12,16,20H,13-15H2. The Hall–Kier alpha value is -3.18. The molecule has 34 heavy (non-hydrogen) atoms. The lowest BCUT2D eigenvalue weighted by atomic mass is 10.0. The van der Waals surface area contributed by atoms with Gasteiger partial charge in [0.1, 0.15) is 17.7 Å². The molecule has 0 N–H and O–H groups in total. The first kappa shape index (κ1) is 22.6. The lowest BCUT2D eigenvalue weighted by Crippen LogP contribution is -2.35. The van der Waals surface area contributed by atoms with Gasteiger partial charge >= 0.3 is 0 Å². The van der Waals surface area contributed by atoms with Crippen LogP contribution in [0.1, 0.15) is 5.56 Å². The second kappa shape index (κ2) is 8.88. The Balaban J connectivity index is 1.35. The van der Waals surface area contributed by atoms with Crippen molar-refractivity contribution in [2.75, 3.05) is 13.2 Å². The predicted molar refractivity (Wildman–Crippen MR) is 118 cm³/mol. The van der Waals surface area contributed by atoms with Crippen LogP contribution in [0.5, 0.6) is 0 Å². The van der Waals surface area contributed by atoms with Gasteiger partial charge in [-0.2, -0.15) is 8.42 Å². The summed E-state index contributed by atoms with van der Waals surface area (Å²) in [6, 6.07) is 15.2. The van der Waals surface area contributed by atoms with Gasteiger partial charge in [-0.15, -0.1) is 0 Å². The maximum Gasteiger partial charge on any atom is 0.297 e. The summed E-state index contributed by atoms with van der Waals surface area (Å²) in [5.41, 5.74) is -0.0116. The Labute approximate surface area is 194 Å². The number of hydrogen-bond acceptors (Lipinski definition) is 6. The molecule has 7 nitrogen and oxygen atoms in total. The topological polar surface area (TPSA) is 79.7 Å². The highest BCUT2D eigenvalue weighted by Gasteiger charge is 2.46. The van der Waals surface area contributed by atoms with Crippen LogP contribution in [0.4, 0.5) is 8.78 Å². The summed E-state index contributed by atoms with van der Waals surface area (Å²) in [7, 11) is -4.08. The highest BCUT2D eigenvalue weighted by Crippen LogP contribution is 2.38. The number of nitrogens with zero attached hydrogens (tertiary/aromatic N) is 2. The summed E-state index contributed by atoms with van der Waals surface area (Å²) < 4.78 is 72.5. The zero-order valence-electron chi connectivity index (χ0n) is 17.8.